The zero-order chi connectivity index (χ0) is 15.7. The summed E-state index contributed by atoms with van der Waals surface area (Å²) in [5.74, 6) is 1.84. The quantitative estimate of drug-likeness (QED) is 0.517. The van der Waals surface area contributed by atoms with Crippen LogP contribution in [0.1, 0.15) is 40.5 Å². The number of rotatable bonds is 9. The van der Waals surface area contributed by atoms with Gasteiger partial charge >= 0.3 is 0 Å². The first-order valence-electron chi connectivity index (χ1n) is 7.66. The number of hydrogen-bond donors (Lipinski definition) is 0. The molecule has 1 heterocycles. The topological polar surface area (TPSA) is 46.1 Å². The van der Waals surface area contributed by atoms with Crippen LogP contribution in [-0.4, -0.2) is 39.6 Å². The summed E-state index contributed by atoms with van der Waals surface area (Å²) in [4.78, 5) is 22.7. The van der Waals surface area contributed by atoms with Gasteiger partial charge in [-0.1, -0.05) is 39.5 Å². The molecule has 0 bridgehead atoms. The second kappa shape index (κ2) is 9.77. The lowest BCUT2D eigenvalue weighted by molar-refractivity contribution is -0.128. The van der Waals surface area contributed by atoms with Crippen molar-refractivity contribution in [2.24, 2.45) is 11.8 Å². The van der Waals surface area contributed by atoms with E-state index in [9.17, 15) is 4.79 Å². The molecule has 0 saturated carbocycles. The maximum absolute atomic E-state index is 12.4. The van der Waals surface area contributed by atoms with Crippen molar-refractivity contribution in [3.8, 4) is 0 Å². The Morgan fingerprint density at radius 3 is 2.10 bits per heavy atom. The van der Waals surface area contributed by atoms with Crippen LogP contribution in [0.15, 0.2) is 23.6 Å². The Kier molecular flexibility index (Phi) is 8.35. The van der Waals surface area contributed by atoms with Gasteiger partial charge in [-0.3, -0.25) is 4.79 Å². The van der Waals surface area contributed by atoms with Gasteiger partial charge in [0.25, 0.3) is 0 Å². The second-order valence-corrected chi connectivity index (χ2v) is 7.01. The first kappa shape index (κ1) is 18.0. The standard InChI is InChI=1S/C16H27N3OS/c1-13(2)6-10-19(11-7-14(3)4)15(20)12-21-16-17-8-5-9-18-16/h5,8-9,13-14H,6-7,10-12H2,1-4H3. The first-order chi connectivity index (χ1) is 9.99. The molecular weight excluding hydrogens is 282 g/mol. The highest BCUT2D eigenvalue weighted by atomic mass is 32.2. The molecule has 1 aromatic heterocycles. The van der Waals surface area contributed by atoms with Crippen LogP contribution in [0.4, 0.5) is 0 Å². The van der Waals surface area contributed by atoms with E-state index in [0.717, 1.165) is 25.9 Å². The molecule has 0 saturated heterocycles. The molecule has 0 aromatic carbocycles. The summed E-state index contributed by atoms with van der Waals surface area (Å²) in [6.07, 6.45) is 5.51. The van der Waals surface area contributed by atoms with Crippen LogP contribution < -0.4 is 0 Å². The van der Waals surface area contributed by atoms with E-state index >= 15 is 0 Å². The Balaban J connectivity index is 2.48. The Labute approximate surface area is 132 Å². The maximum Gasteiger partial charge on any atom is 0.233 e. The van der Waals surface area contributed by atoms with Crippen LogP contribution >= 0.6 is 11.8 Å². The van der Waals surface area contributed by atoms with E-state index in [4.69, 9.17) is 0 Å². The van der Waals surface area contributed by atoms with Gasteiger partial charge in [0.05, 0.1) is 5.75 Å². The van der Waals surface area contributed by atoms with Crippen LogP contribution in [-0.2, 0) is 4.79 Å². The highest BCUT2D eigenvalue weighted by molar-refractivity contribution is 7.99. The number of carbonyl (C=O) groups excluding carboxylic acids is 1. The molecule has 0 aliphatic carbocycles. The zero-order valence-electron chi connectivity index (χ0n) is 13.6. The van der Waals surface area contributed by atoms with E-state index in [1.807, 2.05) is 4.90 Å². The van der Waals surface area contributed by atoms with Crippen molar-refractivity contribution in [1.82, 2.24) is 14.9 Å². The minimum atomic E-state index is 0.189. The van der Waals surface area contributed by atoms with Gasteiger partial charge in [-0.2, -0.15) is 0 Å². The summed E-state index contributed by atoms with van der Waals surface area (Å²) < 4.78 is 0. The Morgan fingerprint density at radius 2 is 1.62 bits per heavy atom. The number of hydrogen-bond acceptors (Lipinski definition) is 4. The van der Waals surface area contributed by atoms with Crippen molar-refractivity contribution in [3.05, 3.63) is 18.5 Å². The maximum atomic E-state index is 12.4. The van der Waals surface area contributed by atoms with E-state index in [0.29, 0.717) is 22.7 Å². The predicted molar refractivity (Wildman–Crippen MR) is 88.2 cm³/mol. The number of carbonyl (C=O) groups is 1. The van der Waals surface area contributed by atoms with Crippen molar-refractivity contribution < 1.29 is 4.79 Å². The molecule has 118 valence electrons. The Morgan fingerprint density at radius 1 is 1.10 bits per heavy atom. The molecule has 0 radical (unpaired) electrons. The average molecular weight is 309 g/mol. The van der Waals surface area contributed by atoms with Gasteiger partial charge in [0.1, 0.15) is 0 Å². The molecule has 0 N–H and O–H groups in total. The third-order valence-corrected chi connectivity index (χ3v) is 4.03. The molecule has 0 unspecified atom stereocenters. The third kappa shape index (κ3) is 8.05. The zero-order valence-corrected chi connectivity index (χ0v) is 14.4. The Hall–Kier alpha value is -1.10. The van der Waals surface area contributed by atoms with Gasteiger partial charge in [-0.05, 0) is 30.7 Å². The van der Waals surface area contributed by atoms with Crippen molar-refractivity contribution in [3.63, 3.8) is 0 Å². The monoisotopic (exact) mass is 309 g/mol. The molecule has 5 heteroatoms. The van der Waals surface area contributed by atoms with Gasteiger partial charge in [-0.15, -0.1) is 0 Å². The molecular formula is C16H27N3OS. The number of thioether (sulfide) groups is 1. The van der Waals surface area contributed by atoms with Gasteiger partial charge in [0.2, 0.25) is 5.91 Å². The molecule has 4 nitrogen and oxygen atoms in total. The van der Waals surface area contributed by atoms with E-state index < -0.39 is 0 Å². The number of nitrogens with zero attached hydrogens (tertiary/aromatic N) is 3. The highest BCUT2D eigenvalue weighted by Crippen LogP contribution is 2.14. The summed E-state index contributed by atoms with van der Waals surface area (Å²) in [5, 5.41) is 0.665. The van der Waals surface area contributed by atoms with Gasteiger partial charge in [0.15, 0.2) is 5.16 Å². The van der Waals surface area contributed by atoms with Gasteiger partial charge in [-0.25, -0.2) is 9.97 Å². The molecule has 0 atom stereocenters. The van der Waals surface area contributed by atoms with E-state index in [1.165, 1.54) is 11.8 Å². The largest absolute Gasteiger partial charge is 0.342 e. The number of amides is 1. The van der Waals surface area contributed by atoms with Crippen LogP contribution in [0.25, 0.3) is 0 Å². The molecule has 1 aromatic rings. The summed E-state index contributed by atoms with van der Waals surface area (Å²) >= 11 is 1.41. The second-order valence-electron chi connectivity index (χ2n) is 6.07. The molecule has 1 rings (SSSR count). The minimum absolute atomic E-state index is 0.189. The van der Waals surface area contributed by atoms with Gasteiger partial charge in [0, 0.05) is 25.5 Å². The third-order valence-electron chi connectivity index (χ3n) is 3.17. The van der Waals surface area contributed by atoms with E-state index in [-0.39, 0.29) is 5.91 Å². The molecule has 21 heavy (non-hydrogen) atoms. The Bertz CT molecular complexity index is 397. The summed E-state index contributed by atoms with van der Waals surface area (Å²) in [6.45, 7) is 10.5. The average Bonchev–Trinajstić information content (AvgIpc) is 2.45. The van der Waals surface area contributed by atoms with Crippen LogP contribution in [0.3, 0.4) is 0 Å². The fourth-order valence-electron chi connectivity index (χ4n) is 1.77. The fraction of sp³-hybridized carbons (Fsp3) is 0.688. The first-order valence-corrected chi connectivity index (χ1v) is 8.65. The lowest BCUT2D eigenvalue weighted by Crippen LogP contribution is -2.35. The molecule has 0 fully saturated rings. The van der Waals surface area contributed by atoms with E-state index in [2.05, 4.69) is 37.7 Å². The highest BCUT2D eigenvalue weighted by Gasteiger charge is 2.15. The summed E-state index contributed by atoms with van der Waals surface area (Å²) in [6, 6.07) is 1.78. The summed E-state index contributed by atoms with van der Waals surface area (Å²) in [7, 11) is 0. The fourth-order valence-corrected chi connectivity index (χ4v) is 2.47. The lowest BCUT2D eigenvalue weighted by Gasteiger charge is -2.24. The lowest BCUT2D eigenvalue weighted by atomic mass is 10.1. The van der Waals surface area contributed by atoms with Crippen LogP contribution in [0.5, 0.6) is 0 Å². The van der Waals surface area contributed by atoms with Crippen molar-refractivity contribution in [2.45, 2.75) is 45.7 Å². The minimum Gasteiger partial charge on any atom is -0.342 e. The molecule has 0 aliphatic heterocycles. The van der Waals surface area contributed by atoms with Crippen LogP contribution in [0.2, 0.25) is 0 Å². The summed E-state index contributed by atoms with van der Waals surface area (Å²) in [5.41, 5.74) is 0. The molecule has 0 spiro atoms. The SMILES string of the molecule is CC(C)CCN(CCC(C)C)C(=O)CSc1ncccn1. The van der Waals surface area contributed by atoms with Crippen molar-refractivity contribution in [1.29, 1.82) is 0 Å². The van der Waals surface area contributed by atoms with E-state index in [1.54, 1.807) is 18.5 Å². The van der Waals surface area contributed by atoms with Gasteiger partial charge < -0.3 is 4.90 Å². The molecule has 1 amide bonds. The normalized spacial score (nSPS) is 11.1. The van der Waals surface area contributed by atoms with Crippen molar-refractivity contribution >= 4 is 17.7 Å². The number of aromatic nitrogens is 2. The molecule has 0 aliphatic rings. The predicted octanol–water partition coefficient (Wildman–Crippen LogP) is 3.49. The van der Waals surface area contributed by atoms with Crippen molar-refractivity contribution in [2.75, 3.05) is 18.8 Å². The van der Waals surface area contributed by atoms with Crippen LogP contribution in [0, 0.1) is 11.8 Å². The smallest absolute Gasteiger partial charge is 0.233 e.